The quantitative estimate of drug-likeness (QED) is 0.674. The van der Waals surface area contributed by atoms with Crippen molar-refractivity contribution in [3.05, 3.63) is 54.6 Å². The highest BCUT2D eigenvalue weighted by atomic mass is 32.2. The molecule has 0 bridgehead atoms. The fourth-order valence-corrected chi connectivity index (χ4v) is 3.32. The van der Waals surface area contributed by atoms with Crippen LogP contribution in [0.25, 0.3) is 0 Å². The first kappa shape index (κ1) is 20.2. The molecule has 0 aliphatic carbocycles. The van der Waals surface area contributed by atoms with E-state index in [1.165, 1.54) is 11.2 Å². The zero-order valence-electron chi connectivity index (χ0n) is 15.1. The molecule has 3 amide bonds. The first-order chi connectivity index (χ1) is 12.8. The summed E-state index contributed by atoms with van der Waals surface area (Å²) >= 11 is 0. The van der Waals surface area contributed by atoms with E-state index in [1.807, 2.05) is 6.07 Å². The van der Waals surface area contributed by atoms with Gasteiger partial charge in [-0.25, -0.2) is 13.2 Å². The number of urea groups is 1. The standard InChI is InChI=1S/C18H22N4O4S/c1-14(23)20-16-9-6-10-17(13-16)22(27(2,25)26)12-11-19-18(24)21-15-7-4-3-5-8-15/h3-10,13H,11-12H2,1-2H3,(H,20,23)(H2,19,21,24). The Balaban J connectivity index is 2.01. The molecule has 0 aliphatic rings. The van der Waals surface area contributed by atoms with Crippen LogP contribution in [0.1, 0.15) is 6.92 Å². The number of sulfonamides is 1. The smallest absolute Gasteiger partial charge is 0.319 e. The van der Waals surface area contributed by atoms with Crippen molar-refractivity contribution in [2.45, 2.75) is 6.92 Å². The molecule has 0 unspecified atom stereocenters. The van der Waals surface area contributed by atoms with Crippen molar-refractivity contribution in [3.63, 3.8) is 0 Å². The maximum atomic E-state index is 12.1. The Morgan fingerprint density at radius 1 is 0.963 bits per heavy atom. The van der Waals surface area contributed by atoms with Crippen LogP contribution < -0.4 is 20.3 Å². The minimum Gasteiger partial charge on any atom is -0.336 e. The highest BCUT2D eigenvalue weighted by Gasteiger charge is 2.18. The molecule has 8 nitrogen and oxygen atoms in total. The van der Waals surface area contributed by atoms with Crippen LogP contribution in [0.5, 0.6) is 0 Å². The Kier molecular flexibility index (Phi) is 6.78. The molecule has 144 valence electrons. The molecule has 3 N–H and O–H groups in total. The Bertz CT molecular complexity index is 901. The van der Waals surface area contributed by atoms with Crippen LogP contribution in [0.15, 0.2) is 54.6 Å². The maximum absolute atomic E-state index is 12.1. The molecule has 2 aromatic rings. The second kappa shape index (κ2) is 9.04. The molecule has 2 rings (SSSR count). The summed E-state index contributed by atoms with van der Waals surface area (Å²) in [6.45, 7) is 1.52. The summed E-state index contributed by atoms with van der Waals surface area (Å²) in [5, 5.41) is 7.90. The first-order valence-electron chi connectivity index (χ1n) is 8.21. The predicted molar refractivity (Wildman–Crippen MR) is 106 cm³/mol. The number of amides is 3. The van der Waals surface area contributed by atoms with E-state index in [9.17, 15) is 18.0 Å². The molecule has 0 spiro atoms. The van der Waals surface area contributed by atoms with Crippen molar-refractivity contribution in [2.75, 3.05) is 34.3 Å². The lowest BCUT2D eigenvalue weighted by molar-refractivity contribution is -0.114. The predicted octanol–water partition coefficient (Wildman–Crippen LogP) is 2.23. The van der Waals surface area contributed by atoms with Crippen LogP contribution >= 0.6 is 0 Å². The van der Waals surface area contributed by atoms with Crippen molar-refractivity contribution >= 4 is 39.0 Å². The van der Waals surface area contributed by atoms with Gasteiger partial charge in [-0.05, 0) is 30.3 Å². The van der Waals surface area contributed by atoms with Gasteiger partial charge < -0.3 is 16.0 Å². The average Bonchev–Trinajstić information content (AvgIpc) is 2.58. The number of nitrogens with one attached hydrogen (secondary N) is 3. The fraction of sp³-hybridized carbons (Fsp3) is 0.222. The van der Waals surface area contributed by atoms with Crippen LogP contribution in [0, 0.1) is 0 Å². The van der Waals surface area contributed by atoms with Gasteiger partial charge in [0.1, 0.15) is 0 Å². The van der Waals surface area contributed by atoms with E-state index in [0.717, 1.165) is 6.26 Å². The summed E-state index contributed by atoms with van der Waals surface area (Å²) in [6, 6.07) is 15.0. The van der Waals surface area contributed by atoms with Gasteiger partial charge in [-0.3, -0.25) is 9.10 Å². The number of carbonyl (C=O) groups excluding carboxylic acids is 2. The highest BCUT2D eigenvalue weighted by Crippen LogP contribution is 2.21. The van der Waals surface area contributed by atoms with E-state index in [1.54, 1.807) is 48.5 Å². The zero-order chi connectivity index (χ0) is 19.9. The molecule has 0 heterocycles. The number of hydrogen-bond acceptors (Lipinski definition) is 4. The molecule has 0 radical (unpaired) electrons. The summed E-state index contributed by atoms with van der Waals surface area (Å²) in [5.41, 5.74) is 1.52. The van der Waals surface area contributed by atoms with Crippen LogP contribution in [0.3, 0.4) is 0 Å². The van der Waals surface area contributed by atoms with E-state index in [-0.39, 0.29) is 19.0 Å². The lowest BCUT2D eigenvalue weighted by atomic mass is 10.2. The SMILES string of the molecule is CC(=O)Nc1cccc(N(CCNC(=O)Nc2ccccc2)S(C)(=O)=O)c1. The van der Waals surface area contributed by atoms with Crippen molar-refractivity contribution in [1.29, 1.82) is 0 Å². The highest BCUT2D eigenvalue weighted by molar-refractivity contribution is 7.92. The average molecular weight is 390 g/mol. The Morgan fingerprint density at radius 2 is 1.63 bits per heavy atom. The van der Waals surface area contributed by atoms with E-state index in [2.05, 4.69) is 16.0 Å². The molecule has 0 fully saturated rings. The second-order valence-corrected chi connectivity index (χ2v) is 7.72. The maximum Gasteiger partial charge on any atom is 0.319 e. The largest absolute Gasteiger partial charge is 0.336 e. The number of nitrogens with zero attached hydrogens (tertiary/aromatic N) is 1. The van der Waals surface area contributed by atoms with Crippen LogP contribution in [-0.2, 0) is 14.8 Å². The Labute approximate surface area is 158 Å². The van der Waals surface area contributed by atoms with Crippen molar-refractivity contribution in [2.24, 2.45) is 0 Å². The third-order valence-corrected chi connectivity index (χ3v) is 4.68. The molecule has 2 aromatic carbocycles. The zero-order valence-corrected chi connectivity index (χ0v) is 15.9. The third-order valence-electron chi connectivity index (χ3n) is 3.49. The molecule has 0 saturated heterocycles. The Morgan fingerprint density at radius 3 is 2.26 bits per heavy atom. The van der Waals surface area contributed by atoms with Gasteiger partial charge in [0.15, 0.2) is 0 Å². The molecule has 0 aromatic heterocycles. The molecular weight excluding hydrogens is 368 g/mol. The van der Waals surface area contributed by atoms with Crippen molar-refractivity contribution in [3.8, 4) is 0 Å². The fourth-order valence-electron chi connectivity index (χ4n) is 2.40. The molecule has 0 saturated carbocycles. The minimum absolute atomic E-state index is 0.0462. The summed E-state index contributed by atoms with van der Waals surface area (Å²) < 4.78 is 25.5. The van der Waals surface area contributed by atoms with Gasteiger partial charge in [0.25, 0.3) is 0 Å². The summed E-state index contributed by atoms with van der Waals surface area (Å²) in [7, 11) is -3.57. The molecule has 27 heavy (non-hydrogen) atoms. The number of para-hydroxylation sites is 1. The van der Waals surface area contributed by atoms with Crippen molar-refractivity contribution in [1.82, 2.24) is 5.32 Å². The topological polar surface area (TPSA) is 108 Å². The summed E-state index contributed by atoms with van der Waals surface area (Å²) in [6.07, 6.45) is 1.09. The third kappa shape index (κ3) is 6.63. The van der Waals surface area contributed by atoms with E-state index >= 15 is 0 Å². The summed E-state index contributed by atoms with van der Waals surface area (Å²) in [5.74, 6) is -0.252. The van der Waals surface area contributed by atoms with Gasteiger partial charge in [-0.1, -0.05) is 24.3 Å². The molecule has 0 atom stereocenters. The number of rotatable bonds is 7. The monoisotopic (exact) mass is 390 g/mol. The molecule has 0 aliphatic heterocycles. The second-order valence-electron chi connectivity index (χ2n) is 5.81. The van der Waals surface area contributed by atoms with Gasteiger partial charge in [0.2, 0.25) is 15.9 Å². The Hall–Kier alpha value is -3.07. The number of hydrogen-bond donors (Lipinski definition) is 3. The van der Waals surface area contributed by atoms with E-state index < -0.39 is 16.1 Å². The van der Waals surface area contributed by atoms with E-state index in [4.69, 9.17) is 0 Å². The van der Waals surface area contributed by atoms with Crippen molar-refractivity contribution < 1.29 is 18.0 Å². The van der Waals surface area contributed by atoms with Gasteiger partial charge in [-0.15, -0.1) is 0 Å². The number of anilines is 3. The van der Waals surface area contributed by atoms with Gasteiger partial charge in [-0.2, -0.15) is 0 Å². The minimum atomic E-state index is -3.57. The van der Waals surface area contributed by atoms with Crippen LogP contribution in [0.2, 0.25) is 0 Å². The first-order valence-corrected chi connectivity index (χ1v) is 10.1. The lowest BCUT2D eigenvalue weighted by Crippen LogP contribution is -2.39. The van der Waals surface area contributed by atoms with Crippen LogP contribution in [0.4, 0.5) is 21.9 Å². The van der Waals surface area contributed by atoms with Gasteiger partial charge in [0, 0.05) is 24.8 Å². The lowest BCUT2D eigenvalue weighted by Gasteiger charge is -2.23. The molecular formula is C18H22N4O4S. The molecule has 9 heteroatoms. The normalized spacial score (nSPS) is 10.7. The number of benzene rings is 2. The van der Waals surface area contributed by atoms with E-state index in [0.29, 0.717) is 17.1 Å². The van der Waals surface area contributed by atoms with Gasteiger partial charge >= 0.3 is 6.03 Å². The van der Waals surface area contributed by atoms with Gasteiger partial charge in [0.05, 0.1) is 18.5 Å². The van der Waals surface area contributed by atoms with Crippen LogP contribution in [-0.4, -0.2) is 39.7 Å². The number of carbonyl (C=O) groups is 2. The summed E-state index contributed by atoms with van der Waals surface area (Å²) in [4.78, 5) is 23.1.